The Bertz CT molecular complexity index is 1120. The molecule has 2 N–H and O–H groups in total. The quantitative estimate of drug-likeness (QED) is 0.364. The number of imidazole rings is 1. The van der Waals surface area contributed by atoms with E-state index in [2.05, 4.69) is 45.8 Å². The second kappa shape index (κ2) is 9.87. The molecule has 0 spiro atoms. The summed E-state index contributed by atoms with van der Waals surface area (Å²) >= 11 is 6.14. The number of primary amides is 1. The van der Waals surface area contributed by atoms with E-state index >= 15 is 0 Å². The van der Waals surface area contributed by atoms with E-state index in [9.17, 15) is 4.79 Å². The van der Waals surface area contributed by atoms with Crippen molar-refractivity contribution in [1.82, 2.24) is 9.55 Å². The molecular formula is C25H34ClN3O3Si. The Morgan fingerprint density at radius 2 is 1.88 bits per heavy atom. The Labute approximate surface area is 202 Å². The van der Waals surface area contributed by atoms with Gasteiger partial charge in [-0.25, -0.2) is 4.98 Å². The van der Waals surface area contributed by atoms with Crippen molar-refractivity contribution >= 4 is 36.6 Å². The summed E-state index contributed by atoms with van der Waals surface area (Å²) in [5.41, 5.74) is 5.66. The van der Waals surface area contributed by atoms with Crippen LogP contribution in [0.15, 0.2) is 48.9 Å². The predicted octanol–water partition coefficient (Wildman–Crippen LogP) is 6.21. The van der Waals surface area contributed by atoms with Crippen LogP contribution in [0.5, 0.6) is 5.75 Å². The lowest BCUT2D eigenvalue weighted by molar-refractivity contribution is 0.0994. The summed E-state index contributed by atoms with van der Waals surface area (Å²) in [4.78, 5) is 15.7. The van der Waals surface area contributed by atoms with Crippen LogP contribution in [0.4, 0.5) is 0 Å². The number of rotatable bonds is 9. The number of aromatic nitrogens is 2. The van der Waals surface area contributed by atoms with Gasteiger partial charge in [-0.15, -0.1) is 0 Å². The van der Waals surface area contributed by atoms with Crippen molar-refractivity contribution in [2.24, 2.45) is 5.73 Å². The average Bonchev–Trinajstić information content (AvgIpc) is 3.19. The number of nitrogens with zero attached hydrogens (tertiary/aromatic N) is 2. The van der Waals surface area contributed by atoms with Crippen molar-refractivity contribution in [3.63, 3.8) is 0 Å². The fourth-order valence-corrected chi connectivity index (χ4v) is 5.20. The minimum absolute atomic E-state index is 0.0605. The number of nitrogens with two attached hydrogens (primary N) is 1. The van der Waals surface area contributed by atoms with Gasteiger partial charge in [0.25, 0.3) is 5.91 Å². The molecule has 0 aliphatic carbocycles. The van der Waals surface area contributed by atoms with Crippen molar-refractivity contribution in [2.75, 3.05) is 6.61 Å². The molecule has 0 bridgehead atoms. The van der Waals surface area contributed by atoms with Crippen LogP contribution in [-0.4, -0.2) is 36.5 Å². The fraction of sp³-hybridized carbons (Fsp3) is 0.440. The van der Waals surface area contributed by atoms with Gasteiger partial charge in [-0.05, 0) is 60.1 Å². The van der Waals surface area contributed by atoms with Crippen LogP contribution >= 0.6 is 11.6 Å². The van der Waals surface area contributed by atoms with Crippen LogP contribution in [0.25, 0.3) is 10.8 Å². The predicted molar refractivity (Wildman–Crippen MR) is 137 cm³/mol. The minimum atomic E-state index is -2.00. The number of fused-ring (bicyclic) bond motifs is 1. The highest BCUT2D eigenvalue weighted by Crippen LogP contribution is 2.39. The summed E-state index contributed by atoms with van der Waals surface area (Å²) in [6.45, 7) is 13.7. The van der Waals surface area contributed by atoms with Crippen molar-refractivity contribution in [1.29, 1.82) is 0 Å². The minimum Gasteiger partial charge on any atom is -0.493 e. The molecule has 33 heavy (non-hydrogen) atoms. The summed E-state index contributed by atoms with van der Waals surface area (Å²) in [6, 6.07) is 11.7. The molecule has 6 nitrogen and oxygen atoms in total. The SMILES string of the molecule is CC(O[Si](C)(C)C(C)(C)C)C(CCOc1ccc2ccc(Cl)cc2c1)n1cnc(C(N)=O)c1. The number of carbonyl (C=O) groups excluding carboxylic acids is 1. The van der Waals surface area contributed by atoms with Gasteiger partial charge in [0.2, 0.25) is 0 Å². The zero-order chi connectivity index (χ0) is 24.4. The second-order valence-corrected chi connectivity index (χ2v) is 15.2. The molecule has 2 aromatic carbocycles. The standard InChI is InChI=1S/C25H34ClN3O3Si/c1-17(32-33(5,6)25(2,3)4)23(29-15-22(24(27)30)28-16-29)11-12-31-21-10-8-18-7-9-20(26)13-19(18)14-21/h7-10,13-17,23H,11-12H2,1-6H3,(H2,27,30). The summed E-state index contributed by atoms with van der Waals surface area (Å²) < 4.78 is 14.7. The number of carbonyl (C=O) groups is 1. The molecule has 178 valence electrons. The number of benzene rings is 2. The smallest absolute Gasteiger partial charge is 0.268 e. The topological polar surface area (TPSA) is 79.4 Å². The Hall–Kier alpha value is -2.35. The summed E-state index contributed by atoms with van der Waals surface area (Å²) in [5.74, 6) is 0.237. The van der Waals surface area contributed by atoms with Crippen LogP contribution in [0.2, 0.25) is 23.2 Å². The van der Waals surface area contributed by atoms with Gasteiger partial charge in [0.1, 0.15) is 11.4 Å². The van der Waals surface area contributed by atoms with E-state index in [0.29, 0.717) is 18.1 Å². The van der Waals surface area contributed by atoms with Gasteiger partial charge in [-0.3, -0.25) is 4.79 Å². The van der Waals surface area contributed by atoms with Crippen LogP contribution < -0.4 is 10.5 Å². The molecule has 2 unspecified atom stereocenters. The van der Waals surface area contributed by atoms with Crippen LogP contribution in [0, 0.1) is 0 Å². The molecule has 2 atom stereocenters. The monoisotopic (exact) mass is 487 g/mol. The van der Waals surface area contributed by atoms with Crippen molar-refractivity contribution < 1.29 is 14.0 Å². The summed E-state index contributed by atoms with van der Waals surface area (Å²) in [7, 11) is -2.00. The van der Waals surface area contributed by atoms with Crippen molar-refractivity contribution in [3.05, 3.63) is 59.6 Å². The third kappa shape index (κ3) is 6.16. The fourth-order valence-electron chi connectivity index (χ4n) is 3.57. The molecule has 8 heteroatoms. The molecule has 0 saturated carbocycles. The van der Waals surface area contributed by atoms with Crippen molar-refractivity contribution in [3.8, 4) is 5.75 Å². The van der Waals surface area contributed by atoms with Gasteiger partial charge in [0, 0.05) is 17.6 Å². The maximum atomic E-state index is 11.6. The molecule has 3 aromatic rings. The maximum Gasteiger partial charge on any atom is 0.268 e. The first-order valence-electron chi connectivity index (χ1n) is 11.2. The Kier molecular flexibility index (Phi) is 7.56. The zero-order valence-corrected chi connectivity index (χ0v) is 22.0. The second-order valence-electron chi connectivity index (χ2n) is 10.0. The normalized spacial score (nSPS) is 14.3. The van der Waals surface area contributed by atoms with E-state index in [4.69, 9.17) is 26.5 Å². The molecule has 1 amide bonds. The molecule has 1 heterocycles. The van der Waals surface area contributed by atoms with E-state index in [1.807, 2.05) is 41.0 Å². The van der Waals surface area contributed by atoms with Gasteiger partial charge < -0.3 is 19.5 Å². The van der Waals surface area contributed by atoms with E-state index < -0.39 is 14.2 Å². The Balaban J connectivity index is 1.76. The van der Waals surface area contributed by atoms with E-state index in [1.165, 1.54) is 0 Å². The number of halogens is 1. The highest BCUT2D eigenvalue weighted by atomic mass is 35.5. The maximum absolute atomic E-state index is 11.6. The number of hydrogen-bond donors (Lipinski definition) is 1. The Morgan fingerprint density at radius 1 is 1.18 bits per heavy atom. The lowest BCUT2D eigenvalue weighted by atomic mass is 10.1. The van der Waals surface area contributed by atoms with Gasteiger partial charge in [-0.1, -0.05) is 44.5 Å². The number of ether oxygens (including phenoxy) is 1. The third-order valence-electron chi connectivity index (χ3n) is 6.52. The first-order valence-corrected chi connectivity index (χ1v) is 14.5. The molecular weight excluding hydrogens is 454 g/mol. The number of hydrogen-bond acceptors (Lipinski definition) is 4. The first kappa shape index (κ1) is 25.3. The van der Waals surface area contributed by atoms with Crippen LogP contribution in [0.1, 0.15) is 50.6 Å². The Morgan fingerprint density at radius 3 is 2.52 bits per heavy atom. The molecule has 0 radical (unpaired) electrons. The molecule has 1 aromatic heterocycles. The van der Waals surface area contributed by atoms with Crippen molar-refractivity contribution in [2.45, 2.75) is 64.4 Å². The number of amides is 1. The molecule has 0 saturated heterocycles. The largest absolute Gasteiger partial charge is 0.493 e. The zero-order valence-electron chi connectivity index (χ0n) is 20.3. The van der Waals surface area contributed by atoms with E-state index in [1.54, 1.807) is 12.5 Å². The lowest BCUT2D eigenvalue weighted by Gasteiger charge is -2.40. The summed E-state index contributed by atoms with van der Waals surface area (Å²) in [5, 5.41) is 2.93. The van der Waals surface area contributed by atoms with Gasteiger partial charge in [0.15, 0.2) is 8.32 Å². The highest BCUT2D eigenvalue weighted by molar-refractivity contribution is 6.74. The lowest BCUT2D eigenvalue weighted by Crippen LogP contribution is -2.45. The molecule has 0 aliphatic rings. The van der Waals surface area contributed by atoms with E-state index in [-0.39, 0.29) is 22.9 Å². The summed E-state index contributed by atoms with van der Waals surface area (Å²) in [6.07, 6.45) is 3.92. The molecule has 0 fully saturated rings. The average molecular weight is 488 g/mol. The highest BCUT2D eigenvalue weighted by Gasteiger charge is 2.40. The first-order chi connectivity index (χ1) is 15.4. The van der Waals surface area contributed by atoms with Gasteiger partial charge >= 0.3 is 0 Å². The third-order valence-corrected chi connectivity index (χ3v) is 11.3. The van der Waals surface area contributed by atoms with Gasteiger partial charge in [-0.2, -0.15) is 0 Å². The van der Waals surface area contributed by atoms with E-state index in [0.717, 1.165) is 16.5 Å². The van der Waals surface area contributed by atoms with Gasteiger partial charge in [0.05, 0.1) is 25.1 Å². The molecule has 0 aliphatic heterocycles. The van der Waals surface area contributed by atoms with Crippen LogP contribution in [-0.2, 0) is 4.43 Å². The van der Waals surface area contributed by atoms with Crippen LogP contribution in [0.3, 0.4) is 0 Å². The molecule has 3 rings (SSSR count).